The number of carbonyl (C=O) groups excluding carboxylic acids is 3. The molecule has 0 aliphatic carbocycles. The van der Waals surface area contributed by atoms with E-state index in [1.807, 2.05) is 82.3 Å². The molecule has 0 aliphatic rings. The van der Waals surface area contributed by atoms with Gasteiger partial charge in [0, 0.05) is 18.5 Å². The van der Waals surface area contributed by atoms with E-state index in [-0.39, 0.29) is 30.3 Å². The predicted octanol–water partition coefficient (Wildman–Crippen LogP) is 5.66. The summed E-state index contributed by atoms with van der Waals surface area (Å²) in [5, 5.41) is 5.77. The molecule has 0 saturated carbocycles. The lowest BCUT2D eigenvalue weighted by Crippen LogP contribution is -2.56. The number of amides is 3. The van der Waals surface area contributed by atoms with Gasteiger partial charge in [-0.15, -0.1) is 0 Å². The second kappa shape index (κ2) is 13.8. The Bertz CT molecular complexity index is 1090. The van der Waals surface area contributed by atoms with Gasteiger partial charge in [-0.2, -0.15) is 0 Å². The zero-order valence-corrected chi connectivity index (χ0v) is 23.8. The van der Waals surface area contributed by atoms with Crippen molar-refractivity contribution >= 4 is 24.0 Å². The molecule has 2 N–H and O–H groups in total. The lowest BCUT2D eigenvalue weighted by molar-refractivity contribution is -0.145. The number of benzene rings is 2. The molecule has 0 bridgehead atoms. The van der Waals surface area contributed by atoms with Crippen LogP contribution in [0.2, 0.25) is 0 Å². The molecule has 2 aromatic rings. The fourth-order valence-corrected chi connectivity index (χ4v) is 4.13. The van der Waals surface area contributed by atoms with Crippen molar-refractivity contribution in [1.82, 2.24) is 15.5 Å². The Labute approximate surface area is 227 Å². The second-order valence-electron chi connectivity index (χ2n) is 10.8. The average Bonchev–Trinajstić information content (AvgIpc) is 2.85. The highest BCUT2D eigenvalue weighted by atomic mass is 16.6. The van der Waals surface area contributed by atoms with E-state index in [0.717, 1.165) is 11.1 Å². The molecule has 3 amide bonds. The third-order valence-corrected chi connectivity index (χ3v) is 6.01. The summed E-state index contributed by atoms with van der Waals surface area (Å²) in [4.78, 5) is 42.5. The van der Waals surface area contributed by atoms with Crippen LogP contribution in [-0.4, -0.2) is 46.5 Å². The van der Waals surface area contributed by atoms with Crippen LogP contribution in [-0.2, 0) is 20.7 Å². The maximum Gasteiger partial charge on any atom is 0.408 e. The van der Waals surface area contributed by atoms with Crippen molar-refractivity contribution in [2.45, 2.75) is 91.1 Å². The van der Waals surface area contributed by atoms with Gasteiger partial charge in [-0.1, -0.05) is 68.1 Å². The van der Waals surface area contributed by atoms with Gasteiger partial charge in [-0.05, 0) is 70.7 Å². The van der Waals surface area contributed by atoms with Gasteiger partial charge in [0.1, 0.15) is 17.7 Å². The normalized spacial score (nSPS) is 13.7. The molecule has 0 saturated heterocycles. The maximum atomic E-state index is 14.4. The number of alkyl carbamates (subject to hydrolysis) is 1. The Kier molecular flexibility index (Phi) is 11.1. The number of carbonyl (C=O) groups is 3. The lowest BCUT2D eigenvalue weighted by atomic mass is 9.96. The van der Waals surface area contributed by atoms with Crippen LogP contribution in [0.1, 0.15) is 77.6 Å². The van der Waals surface area contributed by atoms with Crippen LogP contribution < -0.4 is 10.6 Å². The number of hydrogen-bond donors (Lipinski definition) is 2. The van der Waals surface area contributed by atoms with E-state index in [1.54, 1.807) is 31.7 Å². The standard InChI is InChI=1S/C31H43N3O4/c1-9-22(5)34(27(28(35)32-21(3)4)25-18-14-17-23(10-2)19-25)29(36)26(20-24-15-12-11-13-16-24)33-30(37)38-31(6,7)8/h10-19,21-22,26-27H,2,9,20H2,1,3-8H3,(H,32,35)(H,33,37). The Balaban J connectivity index is 2.60. The Morgan fingerprint density at radius 3 is 2.21 bits per heavy atom. The van der Waals surface area contributed by atoms with E-state index in [1.165, 1.54) is 0 Å². The van der Waals surface area contributed by atoms with Crippen LogP contribution in [0.3, 0.4) is 0 Å². The molecule has 0 radical (unpaired) electrons. The van der Waals surface area contributed by atoms with Crippen LogP contribution in [0.5, 0.6) is 0 Å². The first kappa shape index (κ1) is 30.6. The predicted molar refractivity (Wildman–Crippen MR) is 152 cm³/mol. The summed E-state index contributed by atoms with van der Waals surface area (Å²) in [7, 11) is 0. The van der Waals surface area contributed by atoms with Crippen LogP contribution in [0.15, 0.2) is 61.2 Å². The van der Waals surface area contributed by atoms with Gasteiger partial charge in [0.2, 0.25) is 11.8 Å². The summed E-state index contributed by atoms with van der Waals surface area (Å²) in [6, 6.07) is 14.7. The highest BCUT2D eigenvalue weighted by Crippen LogP contribution is 2.28. The summed E-state index contributed by atoms with van der Waals surface area (Å²) < 4.78 is 5.49. The highest BCUT2D eigenvalue weighted by molar-refractivity contribution is 5.92. The van der Waals surface area contributed by atoms with Gasteiger partial charge in [0.25, 0.3) is 0 Å². The summed E-state index contributed by atoms with van der Waals surface area (Å²) in [6.07, 6.45) is 1.88. The second-order valence-corrected chi connectivity index (χ2v) is 10.8. The first-order valence-corrected chi connectivity index (χ1v) is 13.2. The van der Waals surface area contributed by atoms with E-state index >= 15 is 0 Å². The number of nitrogens with zero attached hydrogens (tertiary/aromatic N) is 1. The molecule has 3 unspecified atom stereocenters. The summed E-state index contributed by atoms with van der Waals surface area (Å²) in [5.41, 5.74) is 1.66. The van der Waals surface area contributed by atoms with Gasteiger partial charge in [0.05, 0.1) is 0 Å². The summed E-state index contributed by atoms with van der Waals surface area (Å²) in [5.74, 6) is -0.646. The lowest BCUT2D eigenvalue weighted by Gasteiger charge is -2.38. The van der Waals surface area contributed by atoms with Crippen molar-refractivity contribution in [2.75, 3.05) is 0 Å². The fraction of sp³-hybridized carbons (Fsp3) is 0.452. The Morgan fingerprint density at radius 2 is 1.66 bits per heavy atom. The molecule has 0 fully saturated rings. The molecule has 0 aliphatic heterocycles. The Hall–Kier alpha value is -3.61. The van der Waals surface area contributed by atoms with Crippen molar-refractivity contribution in [1.29, 1.82) is 0 Å². The zero-order valence-electron chi connectivity index (χ0n) is 23.8. The number of nitrogens with one attached hydrogen (secondary N) is 2. The van der Waals surface area contributed by atoms with E-state index in [2.05, 4.69) is 17.2 Å². The molecule has 3 atom stereocenters. The quantitative estimate of drug-likeness (QED) is 0.400. The summed E-state index contributed by atoms with van der Waals surface area (Å²) >= 11 is 0. The smallest absolute Gasteiger partial charge is 0.408 e. The van der Waals surface area contributed by atoms with Gasteiger partial charge >= 0.3 is 6.09 Å². The van der Waals surface area contributed by atoms with Crippen LogP contribution in [0, 0.1) is 0 Å². The molecule has 7 heteroatoms. The first-order valence-electron chi connectivity index (χ1n) is 13.2. The van der Waals surface area contributed by atoms with Crippen LogP contribution in [0.4, 0.5) is 4.79 Å². The molecule has 2 rings (SSSR count). The van der Waals surface area contributed by atoms with Gasteiger partial charge in [-0.25, -0.2) is 4.79 Å². The Morgan fingerprint density at radius 1 is 1.00 bits per heavy atom. The SMILES string of the molecule is C=Cc1cccc(C(C(=O)NC(C)C)N(C(=O)C(Cc2ccccc2)NC(=O)OC(C)(C)C)C(C)CC)c1. The molecular formula is C31H43N3O4. The summed E-state index contributed by atoms with van der Waals surface area (Å²) in [6.45, 7) is 16.8. The van der Waals surface area contributed by atoms with Gasteiger partial charge in [-0.3, -0.25) is 9.59 Å². The molecule has 0 heterocycles. The molecule has 206 valence electrons. The van der Waals surface area contributed by atoms with Gasteiger partial charge < -0.3 is 20.3 Å². The first-order chi connectivity index (χ1) is 17.9. The minimum Gasteiger partial charge on any atom is -0.444 e. The van der Waals surface area contributed by atoms with Crippen molar-refractivity contribution in [3.8, 4) is 0 Å². The van der Waals surface area contributed by atoms with E-state index in [9.17, 15) is 14.4 Å². The maximum absolute atomic E-state index is 14.4. The van der Waals surface area contributed by atoms with Crippen LogP contribution in [0.25, 0.3) is 6.08 Å². The molecular weight excluding hydrogens is 478 g/mol. The molecule has 7 nitrogen and oxygen atoms in total. The minimum atomic E-state index is -0.946. The number of ether oxygens (including phenoxy) is 1. The molecule has 0 spiro atoms. The van der Waals surface area contributed by atoms with Crippen molar-refractivity contribution in [3.05, 3.63) is 77.9 Å². The third kappa shape index (κ3) is 9.05. The number of rotatable bonds is 11. The number of hydrogen-bond acceptors (Lipinski definition) is 4. The molecule has 0 aromatic heterocycles. The van der Waals surface area contributed by atoms with E-state index in [0.29, 0.717) is 12.0 Å². The van der Waals surface area contributed by atoms with Crippen molar-refractivity contribution in [2.24, 2.45) is 0 Å². The highest BCUT2D eigenvalue weighted by Gasteiger charge is 2.38. The van der Waals surface area contributed by atoms with E-state index in [4.69, 9.17) is 4.74 Å². The van der Waals surface area contributed by atoms with Crippen molar-refractivity contribution < 1.29 is 19.1 Å². The van der Waals surface area contributed by atoms with Crippen LogP contribution >= 0.6 is 0 Å². The molecule has 38 heavy (non-hydrogen) atoms. The molecule has 2 aromatic carbocycles. The fourth-order valence-electron chi connectivity index (χ4n) is 4.13. The monoisotopic (exact) mass is 521 g/mol. The van der Waals surface area contributed by atoms with Crippen molar-refractivity contribution in [3.63, 3.8) is 0 Å². The zero-order chi connectivity index (χ0) is 28.5. The average molecular weight is 522 g/mol. The topological polar surface area (TPSA) is 87.7 Å². The van der Waals surface area contributed by atoms with Gasteiger partial charge in [0.15, 0.2) is 0 Å². The third-order valence-electron chi connectivity index (χ3n) is 6.01. The van der Waals surface area contributed by atoms with E-state index < -0.39 is 23.8 Å². The minimum absolute atomic E-state index is 0.124. The largest absolute Gasteiger partial charge is 0.444 e.